The van der Waals surface area contributed by atoms with Crippen molar-refractivity contribution in [1.82, 2.24) is 20.2 Å². The van der Waals surface area contributed by atoms with Gasteiger partial charge >= 0.3 is 0 Å². The molecule has 140 valence electrons. The third-order valence-corrected chi connectivity index (χ3v) is 6.13. The van der Waals surface area contributed by atoms with Crippen LogP contribution in [0.2, 0.25) is 5.02 Å². The Morgan fingerprint density at radius 3 is 2.88 bits per heavy atom. The number of amides is 1. The third kappa shape index (κ3) is 4.32. The van der Waals surface area contributed by atoms with Gasteiger partial charge in [0.15, 0.2) is 5.82 Å². The number of benzene rings is 1. The largest absolute Gasteiger partial charge is 0.352 e. The molecule has 0 spiro atoms. The number of hydrogen-bond donors (Lipinski definition) is 2. The number of hydrogen-bond acceptors (Lipinski definition) is 5. The minimum absolute atomic E-state index is 0.0149. The normalized spacial score (nSPS) is 21.3. The Labute approximate surface area is 162 Å². The van der Waals surface area contributed by atoms with Crippen LogP contribution in [-0.2, 0) is 4.79 Å². The third-order valence-electron chi connectivity index (χ3n) is 4.84. The molecule has 3 atom stereocenters. The molecular formula is C18H24ClN5OS. The number of thioether (sulfide) groups is 1. The standard InChI is InChI=1S/C18H24ClN5OS/c1-11-6-3-4-9-15(11)21-17(25)12(2)26-18-23-22-16(24(18)20)13-7-5-8-14(19)10-13/h5,7-8,10-12,15H,3-4,6,9,20H2,1-2H3,(H,21,25)/t11-,12+,15+/m0/s1. The summed E-state index contributed by atoms with van der Waals surface area (Å²) in [5, 5.41) is 12.3. The first kappa shape index (κ1) is 19.0. The van der Waals surface area contributed by atoms with E-state index in [4.69, 9.17) is 17.4 Å². The van der Waals surface area contributed by atoms with Crippen molar-refractivity contribution in [3.05, 3.63) is 29.3 Å². The van der Waals surface area contributed by atoms with Gasteiger partial charge < -0.3 is 11.2 Å². The Morgan fingerprint density at radius 2 is 2.15 bits per heavy atom. The fourth-order valence-electron chi connectivity index (χ4n) is 3.22. The first-order valence-corrected chi connectivity index (χ1v) is 10.1. The van der Waals surface area contributed by atoms with Gasteiger partial charge in [-0.3, -0.25) is 4.79 Å². The lowest BCUT2D eigenvalue weighted by Gasteiger charge is -2.30. The molecule has 0 radical (unpaired) electrons. The van der Waals surface area contributed by atoms with Crippen molar-refractivity contribution in [1.29, 1.82) is 0 Å². The fraction of sp³-hybridized carbons (Fsp3) is 0.500. The Bertz CT molecular complexity index is 781. The van der Waals surface area contributed by atoms with Crippen LogP contribution < -0.4 is 11.2 Å². The minimum atomic E-state index is -0.303. The second kappa shape index (κ2) is 8.31. The summed E-state index contributed by atoms with van der Waals surface area (Å²) in [5.74, 6) is 7.19. The maximum Gasteiger partial charge on any atom is 0.233 e. The van der Waals surface area contributed by atoms with Crippen LogP contribution in [0.25, 0.3) is 11.4 Å². The van der Waals surface area contributed by atoms with Gasteiger partial charge in [0, 0.05) is 16.6 Å². The summed E-state index contributed by atoms with van der Waals surface area (Å²) in [5.41, 5.74) is 0.785. The summed E-state index contributed by atoms with van der Waals surface area (Å²) in [6.07, 6.45) is 4.65. The van der Waals surface area contributed by atoms with E-state index >= 15 is 0 Å². The molecule has 0 bridgehead atoms. The number of nitrogens with two attached hydrogens (primary N) is 1. The SMILES string of the molecule is C[C@@H](Sc1nnc(-c2cccc(Cl)c2)n1N)C(=O)N[C@@H]1CCCC[C@@H]1C. The molecule has 1 heterocycles. The van der Waals surface area contributed by atoms with Crippen LogP contribution >= 0.6 is 23.4 Å². The van der Waals surface area contributed by atoms with Gasteiger partial charge in [0.25, 0.3) is 0 Å². The average molecular weight is 394 g/mol. The highest BCUT2D eigenvalue weighted by Crippen LogP contribution is 2.27. The van der Waals surface area contributed by atoms with Crippen LogP contribution in [0.3, 0.4) is 0 Å². The summed E-state index contributed by atoms with van der Waals surface area (Å²) in [7, 11) is 0. The molecule has 0 unspecified atom stereocenters. The van der Waals surface area contributed by atoms with Crippen LogP contribution in [0.15, 0.2) is 29.4 Å². The number of nitrogens with one attached hydrogen (secondary N) is 1. The monoisotopic (exact) mass is 393 g/mol. The van der Waals surface area contributed by atoms with E-state index in [0.717, 1.165) is 12.0 Å². The summed E-state index contributed by atoms with van der Waals surface area (Å²) in [4.78, 5) is 12.5. The molecule has 1 aromatic carbocycles. The Balaban J connectivity index is 1.66. The van der Waals surface area contributed by atoms with E-state index in [1.54, 1.807) is 12.1 Å². The van der Waals surface area contributed by atoms with Gasteiger partial charge in [-0.25, -0.2) is 4.68 Å². The zero-order valence-corrected chi connectivity index (χ0v) is 16.6. The van der Waals surface area contributed by atoms with Crippen molar-refractivity contribution in [3.63, 3.8) is 0 Å². The smallest absolute Gasteiger partial charge is 0.233 e. The topological polar surface area (TPSA) is 85.8 Å². The van der Waals surface area contributed by atoms with E-state index in [2.05, 4.69) is 22.4 Å². The molecule has 3 N–H and O–H groups in total. The quantitative estimate of drug-likeness (QED) is 0.599. The second-order valence-corrected chi connectivity index (χ2v) is 8.57. The van der Waals surface area contributed by atoms with Crippen LogP contribution in [0, 0.1) is 5.92 Å². The van der Waals surface area contributed by atoms with E-state index in [-0.39, 0.29) is 17.2 Å². The second-order valence-electron chi connectivity index (χ2n) is 6.82. The van der Waals surface area contributed by atoms with Gasteiger partial charge in [-0.2, -0.15) is 0 Å². The average Bonchev–Trinajstić information content (AvgIpc) is 2.97. The maximum absolute atomic E-state index is 12.5. The predicted octanol–water partition coefficient (Wildman–Crippen LogP) is 3.49. The van der Waals surface area contributed by atoms with Crippen LogP contribution in [0.5, 0.6) is 0 Å². The number of carbonyl (C=O) groups excluding carboxylic acids is 1. The molecule has 3 rings (SSSR count). The summed E-state index contributed by atoms with van der Waals surface area (Å²) >= 11 is 7.33. The van der Waals surface area contributed by atoms with Crippen molar-refractivity contribution in [2.75, 3.05) is 5.84 Å². The Kier molecular flexibility index (Phi) is 6.09. The van der Waals surface area contributed by atoms with Gasteiger partial charge in [-0.1, -0.05) is 55.3 Å². The van der Waals surface area contributed by atoms with Gasteiger partial charge in [0.2, 0.25) is 11.1 Å². The molecule has 1 aliphatic rings. The molecule has 6 nitrogen and oxygen atoms in total. The highest BCUT2D eigenvalue weighted by atomic mass is 35.5. The van der Waals surface area contributed by atoms with Gasteiger partial charge in [0.1, 0.15) is 0 Å². The minimum Gasteiger partial charge on any atom is -0.352 e. The van der Waals surface area contributed by atoms with E-state index < -0.39 is 0 Å². The lowest BCUT2D eigenvalue weighted by atomic mass is 9.86. The van der Waals surface area contributed by atoms with E-state index in [0.29, 0.717) is 21.9 Å². The van der Waals surface area contributed by atoms with Gasteiger partial charge in [-0.15, -0.1) is 10.2 Å². The maximum atomic E-state index is 12.5. The van der Waals surface area contributed by atoms with Crippen molar-refractivity contribution < 1.29 is 4.79 Å². The van der Waals surface area contributed by atoms with E-state index in [9.17, 15) is 4.79 Å². The lowest BCUT2D eigenvalue weighted by Crippen LogP contribution is -2.44. The number of aromatic nitrogens is 3. The lowest BCUT2D eigenvalue weighted by molar-refractivity contribution is -0.121. The summed E-state index contributed by atoms with van der Waals surface area (Å²) in [6, 6.07) is 7.53. The zero-order valence-electron chi connectivity index (χ0n) is 15.0. The van der Waals surface area contributed by atoms with Gasteiger partial charge in [0.05, 0.1) is 5.25 Å². The summed E-state index contributed by atoms with van der Waals surface area (Å²) < 4.78 is 1.41. The first-order chi connectivity index (χ1) is 12.5. The molecule has 0 aliphatic heterocycles. The molecule has 26 heavy (non-hydrogen) atoms. The number of carbonyl (C=O) groups is 1. The van der Waals surface area contributed by atoms with Gasteiger partial charge in [-0.05, 0) is 37.8 Å². The molecule has 1 aliphatic carbocycles. The van der Waals surface area contributed by atoms with Crippen molar-refractivity contribution >= 4 is 29.3 Å². The predicted molar refractivity (Wildman–Crippen MR) is 106 cm³/mol. The first-order valence-electron chi connectivity index (χ1n) is 8.89. The molecule has 1 aromatic heterocycles. The fourth-order valence-corrected chi connectivity index (χ4v) is 4.19. The van der Waals surface area contributed by atoms with E-state index in [1.165, 1.54) is 35.7 Å². The molecule has 8 heteroatoms. The molecular weight excluding hydrogens is 370 g/mol. The highest BCUT2D eigenvalue weighted by Gasteiger charge is 2.26. The number of halogens is 1. The summed E-state index contributed by atoms with van der Waals surface area (Å²) in [6.45, 7) is 4.07. The molecule has 1 amide bonds. The van der Waals surface area contributed by atoms with Crippen molar-refractivity contribution in [2.24, 2.45) is 5.92 Å². The zero-order chi connectivity index (χ0) is 18.7. The highest BCUT2D eigenvalue weighted by molar-refractivity contribution is 8.00. The Hall–Kier alpha value is -1.73. The van der Waals surface area contributed by atoms with Crippen LogP contribution in [0.1, 0.15) is 39.5 Å². The Morgan fingerprint density at radius 1 is 1.38 bits per heavy atom. The van der Waals surface area contributed by atoms with E-state index in [1.807, 2.05) is 19.1 Å². The van der Waals surface area contributed by atoms with Crippen LogP contribution in [-0.4, -0.2) is 32.1 Å². The van der Waals surface area contributed by atoms with Crippen LogP contribution in [0.4, 0.5) is 0 Å². The molecule has 0 saturated heterocycles. The number of nitrogens with zero attached hydrogens (tertiary/aromatic N) is 3. The number of nitrogen functional groups attached to an aromatic ring is 1. The molecule has 1 saturated carbocycles. The number of rotatable bonds is 5. The molecule has 1 fully saturated rings. The van der Waals surface area contributed by atoms with Crippen molar-refractivity contribution in [2.45, 2.75) is 56.0 Å². The molecule has 2 aromatic rings. The van der Waals surface area contributed by atoms with Crippen molar-refractivity contribution in [3.8, 4) is 11.4 Å².